The van der Waals surface area contributed by atoms with Crippen LogP contribution in [0.4, 0.5) is 10.7 Å². The van der Waals surface area contributed by atoms with E-state index in [4.69, 9.17) is 4.42 Å². The van der Waals surface area contributed by atoms with E-state index >= 15 is 0 Å². The molecule has 0 spiro atoms. The van der Waals surface area contributed by atoms with Crippen LogP contribution in [0, 0.1) is 10.1 Å². The molecule has 3 amide bonds. The van der Waals surface area contributed by atoms with Crippen molar-refractivity contribution in [2.45, 2.75) is 0 Å². The Morgan fingerprint density at radius 1 is 1.48 bits per heavy atom. The zero-order valence-corrected chi connectivity index (χ0v) is 11.8. The van der Waals surface area contributed by atoms with Crippen LogP contribution in [0.15, 0.2) is 27.8 Å². The van der Waals surface area contributed by atoms with E-state index in [2.05, 4.69) is 15.5 Å². The fourth-order valence-electron chi connectivity index (χ4n) is 2.00. The van der Waals surface area contributed by atoms with E-state index in [9.17, 15) is 19.7 Å². The van der Waals surface area contributed by atoms with Gasteiger partial charge in [-0.25, -0.2) is 9.80 Å². The van der Waals surface area contributed by atoms with E-state index in [1.54, 1.807) is 13.2 Å². The quantitative estimate of drug-likeness (QED) is 0.377. The molecule has 1 N–H and O–H groups in total. The number of aromatic nitrogens is 2. The first kappa shape index (κ1) is 14.4. The van der Waals surface area contributed by atoms with Gasteiger partial charge in [-0.05, 0) is 6.07 Å². The SMILES string of the molecule is Cn1cc(C=NN2CC(=O)NC2=O)c(-c2ccc([N+](=O)[O-])o2)n1. The van der Waals surface area contributed by atoms with Gasteiger partial charge in [0.05, 0.1) is 12.3 Å². The highest BCUT2D eigenvalue weighted by molar-refractivity contribution is 6.02. The van der Waals surface area contributed by atoms with Crippen LogP contribution < -0.4 is 5.32 Å². The second kappa shape index (κ2) is 5.36. The number of imide groups is 1. The van der Waals surface area contributed by atoms with Gasteiger partial charge in [0, 0.05) is 18.8 Å². The van der Waals surface area contributed by atoms with E-state index in [0.717, 1.165) is 5.01 Å². The summed E-state index contributed by atoms with van der Waals surface area (Å²) in [6, 6.07) is 2.02. The first-order chi connectivity index (χ1) is 10.9. The topological polar surface area (TPSA) is 136 Å². The number of carbonyl (C=O) groups is 2. The van der Waals surface area contributed by atoms with Crippen molar-refractivity contribution in [1.82, 2.24) is 20.1 Å². The van der Waals surface area contributed by atoms with Gasteiger partial charge in [-0.1, -0.05) is 0 Å². The van der Waals surface area contributed by atoms with Gasteiger partial charge in [-0.3, -0.25) is 24.9 Å². The summed E-state index contributed by atoms with van der Waals surface area (Å²) in [6.45, 7) is -0.169. The van der Waals surface area contributed by atoms with Crippen molar-refractivity contribution < 1.29 is 18.9 Å². The monoisotopic (exact) mass is 318 g/mol. The Bertz CT molecular complexity index is 835. The molecule has 11 heteroatoms. The Morgan fingerprint density at radius 2 is 2.26 bits per heavy atom. The van der Waals surface area contributed by atoms with Crippen LogP contribution in [0.5, 0.6) is 0 Å². The summed E-state index contributed by atoms with van der Waals surface area (Å²) < 4.78 is 6.58. The predicted octanol–water partition coefficient (Wildman–Crippen LogP) is 0.474. The molecule has 0 saturated carbocycles. The van der Waals surface area contributed by atoms with Crippen LogP contribution in [0.2, 0.25) is 0 Å². The van der Waals surface area contributed by atoms with E-state index in [1.165, 1.54) is 23.0 Å². The van der Waals surface area contributed by atoms with Gasteiger partial charge in [0.15, 0.2) is 5.76 Å². The van der Waals surface area contributed by atoms with Crippen LogP contribution in [-0.2, 0) is 11.8 Å². The molecule has 3 heterocycles. The second-order valence-electron chi connectivity index (χ2n) is 4.66. The standard InChI is InChI=1S/C12H10N6O5/c1-16-5-7(4-13-17-6-9(19)14-12(17)20)11(15-16)8-2-3-10(23-8)18(21)22/h2-5H,6H2,1H3,(H,14,19,20). The smallest absolute Gasteiger partial charge is 0.399 e. The maximum atomic E-state index is 11.4. The summed E-state index contributed by atoms with van der Waals surface area (Å²) >= 11 is 0. The Kier molecular flexibility index (Phi) is 3.37. The number of nitro groups is 1. The minimum Gasteiger partial charge on any atom is -0.399 e. The molecule has 1 aliphatic rings. The third kappa shape index (κ3) is 2.79. The number of hydrazone groups is 1. The first-order valence-corrected chi connectivity index (χ1v) is 6.37. The molecule has 2 aromatic heterocycles. The van der Waals surface area contributed by atoms with E-state index in [-0.39, 0.29) is 12.3 Å². The molecule has 3 rings (SSSR count). The summed E-state index contributed by atoms with van der Waals surface area (Å²) in [5.74, 6) is -0.654. The maximum absolute atomic E-state index is 11.4. The minimum absolute atomic E-state index is 0.169. The number of aryl methyl sites for hydroxylation is 1. The summed E-state index contributed by atoms with van der Waals surface area (Å²) in [5.41, 5.74) is 0.805. The number of furan rings is 1. The zero-order valence-electron chi connectivity index (χ0n) is 11.8. The highest BCUT2D eigenvalue weighted by Crippen LogP contribution is 2.26. The van der Waals surface area contributed by atoms with E-state index in [0.29, 0.717) is 11.3 Å². The van der Waals surface area contributed by atoms with Gasteiger partial charge in [-0.15, -0.1) is 0 Å². The number of amides is 3. The number of nitrogens with one attached hydrogen (secondary N) is 1. The van der Waals surface area contributed by atoms with Crippen molar-refractivity contribution in [3.8, 4) is 11.5 Å². The Morgan fingerprint density at radius 3 is 2.87 bits per heavy atom. The molecule has 118 valence electrons. The largest absolute Gasteiger partial charge is 0.433 e. The van der Waals surface area contributed by atoms with Gasteiger partial charge >= 0.3 is 11.9 Å². The lowest BCUT2D eigenvalue weighted by Gasteiger charge is -2.03. The summed E-state index contributed by atoms with van der Waals surface area (Å²) in [6.07, 6.45) is 2.93. The molecule has 1 aliphatic heterocycles. The van der Waals surface area contributed by atoms with Crippen molar-refractivity contribution >= 4 is 24.0 Å². The van der Waals surface area contributed by atoms with Crippen LogP contribution in [0.25, 0.3) is 11.5 Å². The van der Waals surface area contributed by atoms with Gasteiger partial charge in [-0.2, -0.15) is 10.2 Å². The molecular formula is C12H10N6O5. The Labute approximate surface area is 128 Å². The highest BCUT2D eigenvalue weighted by atomic mass is 16.6. The van der Waals surface area contributed by atoms with Crippen molar-refractivity contribution in [3.05, 3.63) is 34.0 Å². The molecule has 2 aromatic rings. The molecule has 0 radical (unpaired) electrons. The molecule has 11 nitrogen and oxygen atoms in total. The van der Waals surface area contributed by atoms with Crippen molar-refractivity contribution in [1.29, 1.82) is 0 Å². The van der Waals surface area contributed by atoms with Gasteiger partial charge in [0.1, 0.15) is 17.2 Å². The fraction of sp³-hybridized carbons (Fsp3) is 0.167. The maximum Gasteiger partial charge on any atom is 0.433 e. The number of hydrogen-bond acceptors (Lipinski definition) is 7. The Balaban J connectivity index is 1.90. The van der Waals surface area contributed by atoms with Crippen LogP contribution in [0.1, 0.15) is 5.56 Å². The van der Waals surface area contributed by atoms with Gasteiger partial charge in [0.2, 0.25) is 5.91 Å². The average molecular weight is 318 g/mol. The number of carbonyl (C=O) groups excluding carboxylic acids is 2. The van der Waals surface area contributed by atoms with E-state index in [1.807, 2.05) is 0 Å². The third-order valence-corrected chi connectivity index (χ3v) is 2.97. The lowest BCUT2D eigenvalue weighted by Crippen LogP contribution is -2.24. The van der Waals surface area contributed by atoms with Gasteiger partial charge in [0.25, 0.3) is 0 Å². The zero-order chi connectivity index (χ0) is 16.6. The molecule has 0 unspecified atom stereocenters. The number of urea groups is 1. The predicted molar refractivity (Wildman–Crippen MR) is 75.4 cm³/mol. The van der Waals surface area contributed by atoms with E-state index < -0.39 is 22.7 Å². The molecule has 0 atom stereocenters. The number of rotatable bonds is 4. The summed E-state index contributed by atoms with van der Waals surface area (Å²) in [5, 5.41) is 21.8. The van der Waals surface area contributed by atoms with Crippen LogP contribution >= 0.6 is 0 Å². The Hall–Kier alpha value is -3.50. The lowest BCUT2D eigenvalue weighted by atomic mass is 10.2. The molecule has 1 fully saturated rings. The molecule has 23 heavy (non-hydrogen) atoms. The summed E-state index contributed by atoms with van der Waals surface area (Å²) in [4.78, 5) is 32.5. The summed E-state index contributed by atoms with van der Waals surface area (Å²) in [7, 11) is 1.66. The molecular weight excluding hydrogens is 308 g/mol. The van der Waals surface area contributed by atoms with Crippen molar-refractivity contribution in [3.63, 3.8) is 0 Å². The molecule has 0 aliphatic carbocycles. The van der Waals surface area contributed by atoms with Crippen LogP contribution in [0.3, 0.4) is 0 Å². The minimum atomic E-state index is -0.652. The fourth-order valence-corrected chi connectivity index (χ4v) is 2.00. The number of hydrogen-bond donors (Lipinski definition) is 1. The molecule has 1 saturated heterocycles. The van der Waals surface area contributed by atoms with Crippen molar-refractivity contribution in [2.24, 2.45) is 12.1 Å². The van der Waals surface area contributed by atoms with Gasteiger partial charge < -0.3 is 4.42 Å². The second-order valence-corrected chi connectivity index (χ2v) is 4.66. The highest BCUT2D eigenvalue weighted by Gasteiger charge is 2.26. The average Bonchev–Trinajstić information content (AvgIpc) is 3.15. The van der Waals surface area contributed by atoms with Crippen LogP contribution in [-0.4, -0.2) is 44.4 Å². The lowest BCUT2D eigenvalue weighted by molar-refractivity contribution is -0.401. The third-order valence-electron chi connectivity index (χ3n) is 2.97. The number of nitrogens with zero attached hydrogens (tertiary/aromatic N) is 5. The molecule has 0 aromatic carbocycles. The first-order valence-electron chi connectivity index (χ1n) is 6.37. The van der Waals surface area contributed by atoms with Crippen molar-refractivity contribution in [2.75, 3.05) is 6.54 Å². The molecule has 0 bridgehead atoms. The normalized spacial score (nSPS) is 14.7.